The monoisotopic (exact) mass is 578 g/mol. The van der Waals surface area contributed by atoms with Crippen LogP contribution < -0.4 is 15.5 Å². The van der Waals surface area contributed by atoms with E-state index in [0.717, 1.165) is 43.2 Å². The van der Waals surface area contributed by atoms with Crippen molar-refractivity contribution in [2.45, 2.75) is 51.6 Å². The zero-order valence-corrected chi connectivity index (χ0v) is 24.7. The number of hydrogen-bond acceptors (Lipinski definition) is 5. The Morgan fingerprint density at radius 2 is 1.76 bits per heavy atom. The molecule has 2 atom stereocenters. The van der Waals surface area contributed by atoms with E-state index in [1.165, 1.54) is 12.1 Å². The van der Waals surface area contributed by atoms with Crippen molar-refractivity contribution in [3.8, 4) is 0 Å². The standard InChI is InChI=1S/C32H40F2N6O2/c1-32(2,3)40-19-25(24-10-9-23(33)17-27(24)34)26(20-40)30(42)37-31-36-13-16-39(31)18-22-7-5-6-8-28(22)38-14-11-21(12-15-38)29(41)35-4/h5-10,13,16-17,21,25-26H,11-12,14-15,18-20H2,1-4H3,(H,35,41)(H,36,37,42)/t25-,26?/m0/s1. The maximum atomic E-state index is 14.9. The van der Waals surface area contributed by atoms with Crippen LogP contribution in [0, 0.1) is 23.5 Å². The zero-order valence-electron chi connectivity index (χ0n) is 24.7. The summed E-state index contributed by atoms with van der Waals surface area (Å²) in [7, 11) is 1.68. The van der Waals surface area contributed by atoms with E-state index in [4.69, 9.17) is 0 Å². The van der Waals surface area contributed by atoms with Crippen LogP contribution >= 0.6 is 0 Å². The number of hydrogen-bond donors (Lipinski definition) is 2. The SMILES string of the molecule is CNC(=O)C1CCN(c2ccccc2Cn2ccnc2NC(=O)C2CN(C(C)(C)C)C[C@H]2c2ccc(F)cc2F)CC1. The van der Waals surface area contributed by atoms with E-state index < -0.39 is 23.5 Å². The molecule has 2 aliphatic rings. The minimum atomic E-state index is -0.638. The minimum Gasteiger partial charge on any atom is -0.371 e. The number of imidazole rings is 1. The lowest BCUT2D eigenvalue weighted by Crippen LogP contribution is -2.40. The van der Waals surface area contributed by atoms with Gasteiger partial charge in [0.2, 0.25) is 17.8 Å². The first kappa shape index (κ1) is 29.7. The molecule has 1 unspecified atom stereocenters. The van der Waals surface area contributed by atoms with Crippen LogP contribution in [0.1, 0.15) is 50.7 Å². The lowest BCUT2D eigenvalue weighted by molar-refractivity contribution is -0.125. The second kappa shape index (κ2) is 12.2. The number of amides is 2. The van der Waals surface area contributed by atoms with Crippen LogP contribution in [0.25, 0.3) is 0 Å². The summed E-state index contributed by atoms with van der Waals surface area (Å²) in [6.07, 6.45) is 5.07. The van der Waals surface area contributed by atoms with Gasteiger partial charge in [0.05, 0.1) is 12.5 Å². The highest BCUT2D eigenvalue weighted by Crippen LogP contribution is 2.38. The Balaban J connectivity index is 1.33. The highest BCUT2D eigenvalue weighted by atomic mass is 19.1. The quantitative estimate of drug-likeness (QED) is 0.428. The molecule has 224 valence electrons. The van der Waals surface area contributed by atoms with Crippen LogP contribution in [0.5, 0.6) is 0 Å². The summed E-state index contributed by atoms with van der Waals surface area (Å²) >= 11 is 0. The third kappa shape index (κ3) is 6.33. The van der Waals surface area contributed by atoms with Crippen molar-refractivity contribution in [2.75, 3.05) is 43.4 Å². The Hall–Kier alpha value is -3.79. The number of piperidine rings is 1. The fourth-order valence-electron chi connectivity index (χ4n) is 6.22. The number of likely N-dealkylation sites (tertiary alicyclic amines) is 1. The third-order valence-electron chi connectivity index (χ3n) is 8.70. The van der Waals surface area contributed by atoms with Gasteiger partial charge in [0.1, 0.15) is 11.6 Å². The average molecular weight is 579 g/mol. The maximum Gasteiger partial charge on any atom is 0.231 e. The first-order valence-electron chi connectivity index (χ1n) is 14.6. The Morgan fingerprint density at radius 1 is 1.02 bits per heavy atom. The smallest absolute Gasteiger partial charge is 0.231 e. The van der Waals surface area contributed by atoms with E-state index in [0.29, 0.717) is 31.1 Å². The molecule has 2 N–H and O–H groups in total. The number of halogens is 2. The summed E-state index contributed by atoms with van der Waals surface area (Å²) in [4.78, 5) is 34.8. The molecule has 0 radical (unpaired) electrons. The first-order valence-corrected chi connectivity index (χ1v) is 14.6. The van der Waals surface area contributed by atoms with Crippen molar-refractivity contribution < 1.29 is 18.4 Å². The Morgan fingerprint density at radius 3 is 2.45 bits per heavy atom. The zero-order chi connectivity index (χ0) is 30.0. The summed E-state index contributed by atoms with van der Waals surface area (Å²) in [5, 5.41) is 5.77. The molecular formula is C32H40F2N6O2. The Kier molecular flexibility index (Phi) is 8.63. The fraction of sp³-hybridized carbons (Fsp3) is 0.469. The molecule has 0 spiro atoms. The van der Waals surface area contributed by atoms with Crippen molar-refractivity contribution in [1.82, 2.24) is 19.8 Å². The van der Waals surface area contributed by atoms with Gasteiger partial charge in [-0.15, -0.1) is 0 Å². The minimum absolute atomic E-state index is 0.0332. The van der Waals surface area contributed by atoms with Crippen molar-refractivity contribution in [3.63, 3.8) is 0 Å². The molecule has 2 saturated heterocycles. The molecule has 42 heavy (non-hydrogen) atoms. The predicted octanol–water partition coefficient (Wildman–Crippen LogP) is 4.62. The normalized spacial score (nSPS) is 20.1. The van der Waals surface area contributed by atoms with E-state index in [1.54, 1.807) is 13.2 Å². The highest BCUT2D eigenvalue weighted by molar-refractivity contribution is 5.92. The van der Waals surface area contributed by atoms with E-state index in [2.05, 4.69) is 58.3 Å². The van der Waals surface area contributed by atoms with Gasteiger partial charge in [0.15, 0.2) is 0 Å². The number of anilines is 2. The molecule has 5 rings (SSSR count). The number of aromatic nitrogens is 2. The molecule has 2 aromatic carbocycles. The van der Waals surface area contributed by atoms with E-state index in [9.17, 15) is 18.4 Å². The van der Waals surface area contributed by atoms with Gasteiger partial charge in [-0.3, -0.25) is 19.8 Å². The van der Waals surface area contributed by atoms with Gasteiger partial charge in [-0.2, -0.15) is 0 Å². The van der Waals surface area contributed by atoms with Crippen molar-refractivity contribution >= 4 is 23.5 Å². The largest absolute Gasteiger partial charge is 0.371 e. The molecule has 0 aliphatic carbocycles. The number of carbonyl (C=O) groups excluding carboxylic acids is 2. The van der Waals surface area contributed by atoms with Crippen LogP contribution in [0.4, 0.5) is 20.4 Å². The van der Waals surface area contributed by atoms with Gasteiger partial charge in [-0.1, -0.05) is 24.3 Å². The number of rotatable bonds is 7. The molecule has 10 heteroatoms. The van der Waals surface area contributed by atoms with Crippen molar-refractivity contribution in [3.05, 3.63) is 77.6 Å². The lowest BCUT2D eigenvalue weighted by Gasteiger charge is -2.34. The second-order valence-electron chi connectivity index (χ2n) is 12.3. The van der Waals surface area contributed by atoms with Crippen LogP contribution in [-0.4, -0.2) is 65.0 Å². The topological polar surface area (TPSA) is 82.5 Å². The van der Waals surface area contributed by atoms with Crippen LogP contribution in [-0.2, 0) is 16.1 Å². The predicted molar refractivity (Wildman–Crippen MR) is 159 cm³/mol. The van der Waals surface area contributed by atoms with E-state index in [1.807, 2.05) is 22.9 Å². The fourth-order valence-corrected chi connectivity index (χ4v) is 6.22. The van der Waals surface area contributed by atoms with Gasteiger partial charge in [0.25, 0.3) is 0 Å². The summed E-state index contributed by atoms with van der Waals surface area (Å²) in [6, 6.07) is 11.7. The van der Waals surface area contributed by atoms with Gasteiger partial charge >= 0.3 is 0 Å². The Labute approximate surface area is 246 Å². The molecule has 8 nitrogen and oxygen atoms in total. The van der Waals surface area contributed by atoms with Gasteiger partial charge in [-0.25, -0.2) is 13.8 Å². The number of benzene rings is 2. The molecule has 0 saturated carbocycles. The molecule has 3 aromatic rings. The molecule has 2 aliphatic heterocycles. The number of carbonyl (C=O) groups is 2. The average Bonchev–Trinajstić information content (AvgIpc) is 3.60. The lowest BCUT2D eigenvalue weighted by atomic mass is 9.88. The number of nitrogens with zero attached hydrogens (tertiary/aromatic N) is 4. The summed E-state index contributed by atoms with van der Waals surface area (Å²) in [5.74, 6) is -1.93. The molecule has 2 amide bonds. The summed E-state index contributed by atoms with van der Waals surface area (Å²) in [5.41, 5.74) is 2.30. The Bertz CT molecular complexity index is 1430. The van der Waals surface area contributed by atoms with Crippen LogP contribution in [0.2, 0.25) is 0 Å². The molecule has 3 heterocycles. The van der Waals surface area contributed by atoms with Crippen molar-refractivity contribution in [2.24, 2.45) is 11.8 Å². The van der Waals surface area contributed by atoms with Crippen LogP contribution in [0.3, 0.4) is 0 Å². The third-order valence-corrected chi connectivity index (χ3v) is 8.70. The second-order valence-corrected chi connectivity index (χ2v) is 12.3. The van der Waals surface area contributed by atoms with Gasteiger partial charge in [-0.05, 0) is 56.9 Å². The van der Waals surface area contributed by atoms with E-state index in [-0.39, 0.29) is 23.3 Å². The number of nitrogens with one attached hydrogen (secondary N) is 2. The summed E-state index contributed by atoms with van der Waals surface area (Å²) in [6.45, 7) is 9.21. The number of para-hydroxylation sites is 1. The van der Waals surface area contributed by atoms with E-state index >= 15 is 0 Å². The van der Waals surface area contributed by atoms with Gasteiger partial charge in [0, 0.05) is 74.7 Å². The molecular weight excluding hydrogens is 538 g/mol. The molecule has 1 aromatic heterocycles. The molecule has 2 fully saturated rings. The molecule has 0 bridgehead atoms. The van der Waals surface area contributed by atoms with Crippen LogP contribution in [0.15, 0.2) is 54.9 Å². The highest BCUT2D eigenvalue weighted by Gasteiger charge is 2.43. The van der Waals surface area contributed by atoms with Crippen molar-refractivity contribution in [1.29, 1.82) is 0 Å². The summed E-state index contributed by atoms with van der Waals surface area (Å²) < 4.78 is 30.5. The first-order chi connectivity index (χ1) is 20.0. The maximum absolute atomic E-state index is 14.9. The van der Waals surface area contributed by atoms with Gasteiger partial charge < -0.3 is 14.8 Å².